The first kappa shape index (κ1) is 26.2. The van der Waals surface area contributed by atoms with Gasteiger partial charge in [0.05, 0.1) is 18.2 Å². The summed E-state index contributed by atoms with van der Waals surface area (Å²) in [4.78, 5) is 19.7. The Balaban J connectivity index is 1.17. The van der Waals surface area contributed by atoms with Crippen LogP contribution in [0.1, 0.15) is 60.5 Å². The van der Waals surface area contributed by atoms with Gasteiger partial charge in [0.2, 0.25) is 5.56 Å². The number of aromatic amines is 1. The Labute approximate surface area is 232 Å². The van der Waals surface area contributed by atoms with E-state index in [9.17, 15) is 20.1 Å². The van der Waals surface area contributed by atoms with Gasteiger partial charge in [0, 0.05) is 47.7 Å². The first-order valence-electron chi connectivity index (χ1n) is 14.1. The number of aliphatic hydroxyl groups is 1. The number of rotatable bonds is 8. The van der Waals surface area contributed by atoms with E-state index in [0.29, 0.717) is 54.1 Å². The van der Waals surface area contributed by atoms with Crippen molar-refractivity contribution in [2.24, 2.45) is 10.9 Å². The fraction of sp³-hybridized carbons (Fsp3) is 0.375. The van der Waals surface area contributed by atoms with Gasteiger partial charge in [-0.1, -0.05) is 55.7 Å². The molecule has 1 fully saturated rings. The summed E-state index contributed by atoms with van der Waals surface area (Å²) in [6.45, 7) is 1.13. The number of aliphatic imine (C=N–C) groups is 1. The Bertz CT molecular complexity index is 1570. The highest BCUT2D eigenvalue weighted by Gasteiger charge is 2.31. The fourth-order valence-corrected chi connectivity index (χ4v) is 6.16. The van der Waals surface area contributed by atoms with E-state index in [1.54, 1.807) is 22.8 Å². The van der Waals surface area contributed by atoms with Gasteiger partial charge in [0.15, 0.2) is 11.8 Å². The molecule has 4 N–H and O–H groups in total. The number of benzene rings is 2. The number of hydrogen-bond donors (Lipinski definition) is 4. The zero-order valence-corrected chi connectivity index (χ0v) is 22.5. The number of hydrogen-bond acceptors (Lipinski definition) is 6. The molecular formula is C32H35N3O5. The van der Waals surface area contributed by atoms with Crippen molar-refractivity contribution in [3.05, 3.63) is 87.2 Å². The summed E-state index contributed by atoms with van der Waals surface area (Å²) in [6, 6.07) is 16.5. The summed E-state index contributed by atoms with van der Waals surface area (Å²) < 4.78 is 7.68. The Morgan fingerprint density at radius 3 is 2.40 bits per heavy atom. The van der Waals surface area contributed by atoms with Crippen molar-refractivity contribution in [3.63, 3.8) is 0 Å². The van der Waals surface area contributed by atoms with Crippen LogP contribution in [-0.2, 0) is 26.0 Å². The normalized spacial score (nSPS) is 16.3. The zero-order valence-electron chi connectivity index (χ0n) is 22.5. The molecule has 208 valence electrons. The minimum absolute atomic E-state index is 0.127. The van der Waals surface area contributed by atoms with Gasteiger partial charge in [0.25, 0.3) is 0 Å². The van der Waals surface area contributed by atoms with Gasteiger partial charge in [-0.25, -0.2) is 0 Å². The number of pyridine rings is 1. The van der Waals surface area contributed by atoms with Crippen LogP contribution in [0.3, 0.4) is 0 Å². The molecule has 0 bridgehead atoms. The summed E-state index contributed by atoms with van der Waals surface area (Å²) in [5.74, 6) is 1.31. The van der Waals surface area contributed by atoms with Gasteiger partial charge in [-0.15, -0.1) is 0 Å². The number of aliphatic hydroxyl groups excluding tert-OH is 1. The maximum atomic E-state index is 12.1. The third kappa shape index (κ3) is 5.23. The van der Waals surface area contributed by atoms with Gasteiger partial charge < -0.3 is 25.0 Å². The van der Waals surface area contributed by atoms with Crippen LogP contribution in [0.4, 0.5) is 0 Å². The number of nitrogens with zero attached hydrogens (tertiary/aromatic N) is 2. The maximum absolute atomic E-state index is 12.1. The van der Waals surface area contributed by atoms with Crippen molar-refractivity contribution >= 4 is 16.6 Å². The topological polar surface area (TPSA) is 120 Å². The summed E-state index contributed by atoms with van der Waals surface area (Å²) in [7, 11) is 0. The minimum atomic E-state index is -0.905. The standard InChI is InChI=1S/C32H35N3O5/c36-27(17-33-22-15-25-26(16-22)32(39)35(31(25)38)18-20-7-3-1-4-8-20)23-11-13-28(30-24(23)12-14-29(37)34-30)40-19-21-9-5-2-6-10-21/h2,5-6,9-14,20,27,36,38-39H,1,3-4,7-8,15-19H2,(H,34,37)/t27-/m0/s1. The molecule has 0 spiro atoms. The van der Waals surface area contributed by atoms with Crippen LogP contribution < -0.4 is 10.3 Å². The maximum Gasteiger partial charge on any atom is 0.248 e. The molecular weight excluding hydrogens is 506 g/mol. The lowest BCUT2D eigenvalue weighted by molar-refractivity contribution is 0.188. The number of aromatic hydroxyl groups is 2. The molecule has 0 aliphatic heterocycles. The van der Waals surface area contributed by atoms with Crippen LogP contribution in [0.2, 0.25) is 0 Å². The third-order valence-corrected chi connectivity index (χ3v) is 8.32. The number of nitrogens with one attached hydrogen (secondary N) is 1. The number of aromatic nitrogens is 2. The molecule has 2 aliphatic rings. The predicted octanol–water partition coefficient (Wildman–Crippen LogP) is 5.17. The summed E-state index contributed by atoms with van der Waals surface area (Å²) >= 11 is 0. The molecule has 0 saturated heterocycles. The Morgan fingerprint density at radius 2 is 1.68 bits per heavy atom. The van der Waals surface area contributed by atoms with E-state index >= 15 is 0 Å². The number of H-pyrrole nitrogens is 1. The number of ether oxygens (including phenoxy) is 1. The number of fused-ring (bicyclic) bond motifs is 2. The molecule has 1 saturated carbocycles. The molecule has 1 atom stereocenters. The highest BCUT2D eigenvalue weighted by Crippen LogP contribution is 2.41. The van der Waals surface area contributed by atoms with Gasteiger partial charge in [-0.3, -0.25) is 14.4 Å². The first-order chi connectivity index (χ1) is 19.5. The average Bonchev–Trinajstić information content (AvgIpc) is 3.50. The molecule has 4 aromatic rings. The fourth-order valence-electron chi connectivity index (χ4n) is 6.16. The largest absolute Gasteiger partial charge is 0.494 e. The Kier molecular flexibility index (Phi) is 7.34. The highest BCUT2D eigenvalue weighted by atomic mass is 16.5. The van der Waals surface area contributed by atoms with Crippen molar-refractivity contribution in [2.75, 3.05) is 6.54 Å². The second-order valence-corrected chi connectivity index (χ2v) is 11.0. The van der Waals surface area contributed by atoms with Crippen molar-refractivity contribution in [3.8, 4) is 17.5 Å². The molecule has 0 radical (unpaired) electrons. The molecule has 8 nitrogen and oxygen atoms in total. The van der Waals surface area contributed by atoms with E-state index in [4.69, 9.17) is 4.74 Å². The van der Waals surface area contributed by atoms with Gasteiger partial charge in [-0.2, -0.15) is 0 Å². The minimum Gasteiger partial charge on any atom is -0.494 e. The first-order valence-corrected chi connectivity index (χ1v) is 14.1. The lowest BCUT2D eigenvalue weighted by Crippen LogP contribution is -2.14. The highest BCUT2D eigenvalue weighted by molar-refractivity contribution is 5.94. The van der Waals surface area contributed by atoms with Crippen molar-refractivity contribution < 1.29 is 20.1 Å². The van der Waals surface area contributed by atoms with Crippen LogP contribution in [0.5, 0.6) is 17.5 Å². The molecule has 2 aliphatic carbocycles. The van der Waals surface area contributed by atoms with Gasteiger partial charge in [0.1, 0.15) is 12.4 Å². The molecule has 6 rings (SSSR count). The van der Waals surface area contributed by atoms with Crippen molar-refractivity contribution in [1.29, 1.82) is 0 Å². The lowest BCUT2D eigenvalue weighted by Gasteiger charge is -2.22. The molecule has 2 aromatic heterocycles. The van der Waals surface area contributed by atoms with Crippen molar-refractivity contribution in [2.45, 2.75) is 64.2 Å². The SMILES string of the molecule is O=c1ccc2c([C@@H](O)CN=C3Cc4c(c(O)n(CC5CCCCC5)c4O)C3)ccc(OCc3ccccc3)c2[nH]1. The van der Waals surface area contributed by atoms with E-state index in [1.165, 1.54) is 25.3 Å². The smallest absolute Gasteiger partial charge is 0.248 e. The predicted molar refractivity (Wildman–Crippen MR) is 154 cm³/mol. The molecule has 40 heavy (non-hydrogen) atoms. The molecule has 2 heterocycles. The van der Waals surface area contributed by atoms with E-state index in [2.05, 4.69) is 9.98 Å². The van der Waals surface area contributed by atoms with Gasteiger partial charge in [-0.05, 0) is 42.0 Å². The monoisotopic (exact) mass is 541 g/mol. The van der Waals surface area contributed by atoms with E-state index in [-0.39, 0.29) is 23.9 Å². The van der Waals surface area contributed by atoms with E-state index in [0.717, 1.165) is 35.2 Å². The summed E-state index contributed by atoms with van der Waals surface area (Å²) in [6.07, 6.45) is 5.96. The lowest BCUT2D eigenvalue weighted by atomic mass is 9.89. The van der Waals surface area contributed by atoms with Crippen LogP contribution in [0.25, 0.3) is 10.9 Å². The third-order valence-electron chi connectivity index (χ3n) is 8.32. The zero-order chi connectivity index (χ0) is 27.6. The molecule has 2 aromatic carbocycles. The van der Waals surface area contributed by atoms with Crippen LogP contribution >= 0.6 is 0 Å². The van der Waals surface area contributed by atoms with Crippen LogP contribution in [0.15, 0.2) is 64.4 Å². The second kappa shape index (κ2) is 11.2. The summed E-state index contributed by atoms with van der Waals surface area (Å²) in [5, 5.41) is 33.6. The quantitative estimate of drug-likeness (QED) is 0.245. The molecule has 0 amide bonds. The van der Waals surface area contributed by atoms with E-state index < -0.39 is 6.10 Å². The van der Waals surface area contributed by atoms with Crippen molar-refractivity contribution in [1.82, 2.24) is 9.55 Å². The molecule has 8 heteroatoms. The Hall–Kier alpha value is -4.04. The van der Waals surface area contributed by atoms with Gasteiger partial charge >= 0.3 is 0 Å². The second-order valence-electron chi connectivity index (χ2n) is 11.0. The van der Waals surface area contributed by atoms with E-state index in [1.807, 2.05) is 30.3 Å². The average molecular weight is 542 g/mol. The Morgan fingerprint density at radius 1 is 0.950 bits per heavy atom. The van der Waals surface area contributed by atoms with Crippen LogP contribution in [-0.4, -0.2) is 37.1 Å². The van der Waals surface area contributed by atoms with Crippen LogP contribution in [0, 0.1) is 5.92 Å². The summed E-state index contributed by atoms with van der Waals surface area (Å²) in [5.41, 5.74) is 4.23. The molecule has 0 unspecified atom stereocenters.